The van der Waals surface area contributed by atoms with Gasteiger partial charge in [-0.2, -0.15) is 0 Å². The second kappa shape index (κ2) is 10.2. The van der Waals surface area contributed by atoms with Gasteiger partial charge in [0.2, 0.25) is 5.91 Å². The second-order valence-electron chi connectivity index (χ2n) is 5.58. The molecule has 8 heteroatoms. The Morgan fingerprint density at radius 3 is 2.33 bits per heavy atom. The average Bonchev–Trinajstić information content (AvgIpc) is 2.57. The van der Waals surface area contributed by atoms with Crippen LogP contribution in [-0.4, -0.2) is 46.7 Å². The molecule has 0 saturated heterocycles. The molecule has 136 valence electrons. The molecule has 0 radical (unpaired) electrons. The van der Waals surface area contributed by atoms with E-state index in [1.54, 1.807) is 28.3 Å². The number of amides is 1. The molecule has 1 aromatic carbocycles. The van der Waals surface area contributed by atoms with E-state index in [9.17, 15) is 4.79 Å². The van der Waals surface area contributed by atoms with Gasteiger partial charge in [-0.25, -0.2) is 0 Å². The number of benzene rings is 1. The predicted molar refractivity (Wildman–Crippen MR) is 108 cm³/mol. The van der Waals surface area contributed by atoms with Crippen LogP contribution in [0.4, 0.5) is 5.69 Å². The van der Waals surface area contributed by atoms with Crippen LogP contribution < -0.4 is 25.4 Å². The van der Waals surface area contributed by atoms with E-state index >= 15 is 0 Å². The molecule has 0 heterocycles. The summed E-state index contributed by atoms with van der Waals surface area (Å²) in [6.45, 7) is 4.17. The van der Waals surface area contributed by atoms with Crippen LogP contribution in [0.5, 0.6) is 11.5 Å². The van der Waals surface area contributed by atoms with E-state index in [0.717, 1.165) is 5.69 Å². The molecule has 0 spiro atoms. The highest BCUT2D eigenvalue weighted by atomic mass is 127. The first-order chi connectivity index (χ1) is 10.9. The number of nitrogens with one attached hydrogen (secondary N) is 3. The van der Waals surface area contributed by atoms with E-state index in [2.05, 4.69) is 20.9 Å². The van der Waals surface area contributed by atoms with Crippen molar-refractivity contribution in [2.24, 2.45) is 10.4 Å². The zero-order chi connectivity index (χ0) is 17.5. The Morgan fingerprint density at radius 1 is 1.21 bits per heavy atom. The van der Waals surface area contributed by atoms with E-state index in [0.29, 0.717) is 24.0 Å². The Kier molecular flexibility index (Phi) is 9.49. The van der Waals surface area contributed by atoms with Crippen molar-refractivity contribution in [2.45, 2.75) is 13.8 Å². The van der Waals surface area contributed by atoms with Crippen LogP contribution in [-0.2, 0) is 4.79 Å². The number of ether oxygens (including phenoxy) is 2. The van der Waals surface area contributed by atoms with Crippen LogP contribution in [0.25, 0.3) is 0 Å². The minimum absolute atomic E-state index is 0. The first-order valence-electron chi connectivity index (χ1n) is 7.29. The number of hydrogen-bond acceptors (Lipinski definition) is 4. The lowest BCUT2D eigenvalue weighted by Crippen LogP contribution is -2.45. The minimum atomic E-state index is -0.552. The first-order valence-corrected chi connectivity index (χ1v) is 7.29. The average molecular weight is 450 g/mol. The summed E-state index contributed by atoms with van der Waals surface area (Å²) in [6.07, 6.45) is 0. The van der Waals surface area contributed by atoms with E-state index in [4.69, 9.17) is 9.47 Å². The largest absolute Gasteiger partial charge is 0.493 e. The van der Waals surface area contributed by atoms with Crippen molar-refractivity contribution in [3.63, 3.8) is 0 Å². The molecule has 0 aromatic heterocycles. The Balaban J connectivity index is 0.00000529. The van der Waals surface area contributed by atoms with Crippen molar-refractivity contribution >= 4 is 41.5 Å². The van der Waals surface area contributed by atoms with Gasteiger partial charge in [-0.1, -0.05) is 0 Å². The zero-order valence-electron chi connectivity index (χ0n) is 15.0. The van der Waals surface area contributed by atoms with E-state index in [-0.39, 0.29) is 29.9 Å². The van der Waals surface area contributed by atoms with Crippen molar-refractivity contribution in [2.75, 3.05) is 40.2 Å². The molecule has 0 saturated carbocycles. The van der Waals surface area contributed by atoms with Gasteiger partial charge in [-0.15, -0.1) is 24.0 Å². The molecule has 24 heavy (non-hydrogen) atoms. The van der Waals surface area contributed by atoms with Gasteiger partial charge in [-0.05, 0) is 26.0 Å². The lowest BCUT2D eigenvalue weighted by Gasteiger charge is -2.24. The Morgan fingerprint density at radius 2 is 1.83 bits per heavy atom. The SMILES string of the molecule is CN=C(NCC(C)(C)C(=O)NC)Nc1ccc(OC)c(OC)c1.I. The lowest BCUT2D eigenvalue weighted by molar-refractivity contribution is -0.128. The highest BCUT2D eigenvalue weighted by molar-refractivity contribution is 14.0. The molecular weight excluding hydrogens is 423 g/mol. The summed E-state index contributed by atoms with van der Waals surface area (Å²) in [7, 11) is 6.47. The maximum atomic E-state index is 11.8. The number of nitrogens with zero attached hydrogens (tertiary/aromatic N) is 1. The zero-order valence-corrected chi connectivity index (χ0v) is 17.3. The van der Waals surface area contributed by atoms with Gasteiger partial charge in [0.1, 0.15) is 0 Å². The summed E-state index contributed by atoms with van der Waals surface area (Å²) in [5, 5.41) is 8.96. The Bertz CT molecular complexity index is 576. The molecule has 3 N–H and O–H groups in total. The quantitative estimate of drug-likeness (QED) is 0.351. The molecule has 1 amide bonds. The van der Waals surface area contributed by atoms with Crippen LogP contribution in [0.1, 0.15) is 13.8 Å². The van der Waals surface area contributed by atoms with Gasteiger partial charge < -0.3 is 25.4 Å². The number of methoxy groups -OCH3 is 2. The summed E-state index contributed by atoms with van der Waals surface area (Å²) < 4.78 is 10.5. The summed E-state index contributed by atoms with van der Waals surface area (Å²) in [5.74, 6) is 1.81. The van der Waals surface area contributed by atoms with Crippen LogP contribution in [0.3, 0.4) is 0 Å². The number of carbonyl (C=O) groups excluding carboxylic acids is 1. The third-order valence-corrected chi connectivity index (χ3v) is 3.41. The van der Waals surface area contributed by atoms with E-state index < -0.39 is 5.41 Å². The van der Waals surface area contributed by atoms with Crippen LogP contribution in [0.15, 0.2) is 23.2 Å². The molecule has 0 aliphatic rings. The number of anilines is 1. The molecule has 7 nitrogen and oxygen atoms in total. The molecule has 0 unspecified atom stereocenters. The van der Waals surface area contributed by atoms with Gasteiger partial charge in [-0.3, -0.25) is 9.79 Å². The van der Waals surface area contributed by atoms with Crippen molar-refractivity contribution in [3.05, 3.63) is 18.2 Å². The monoisotopic (exact) mass is 450 g/mol. The molecule has 0 bridgehead atoms. The van der Waals surface area contributed by atoms with Gasteiger partial charge in [0.15, 0.2) is 17.5 Å². The number of guanidine groups is 1. The minimum Gasteiger partial charge on any atom is -0.493 e. The van der Waals surface area contributed by atoms with Crippen LogP contribution in [0, 0.1) is 5.41 Å². The third kappa shape index (κ3) is 6.06. The third-order valence-electron chi connectivity index (χ3n) is 3.41. The van der Waals surface area contributed by atoms with Crippen molar-refractivity contribution in [1.29, 1.82) is 0 Å². The normalized spacial score (nSPS) is 11.2. The van der Waals surface area contributed by atoms with Crippen LogP contribution in [0.2, 0.25) is 0 Å². The first kappa shape index (κ1) is 22.3. The number of hydrogen-bond donors (Lipinski definition) is 3. The number of rotatable bonds is 6. The molecule has 0 fully saturated rings. The lowest BCUT2D eigenvalue weighted by atomic mass is 9.92. The number of aliphatic imine (C=N–C) groups is 1. The Hall–Kier alpha value is -1.71. The van der Waals surface area contributed by atoms with Crippen molar-refractivity contribution in [1.82, 2.24) is 10.6 Å². The maximum absolute atomic E-state index is 11.8. The molecule has 1 aromatic rings. The standard InChI is InChI=1S/C16H26N4O3.HI/c1-16(2,14(21)17-3)10-19-15(18-4)20-11-7-8-12(22-5)13(9-11)23-6;/h7-9H,10H2,1-6H3,(H,17,21)(H2,18,19,20);1H. The summed E-state index contributed by atoms with van der Waals surface area (Å²) in [5.41, 5.74) is 0.248. The second-order valence-corrected chi connectivity index (χ2v) is 5.58. The summed E-state index contributed by atoms with van der Waals surface area (Å²) in [6, 6.07) is 5.48. The Labute approximate surface area is 160 Å². The van der Waals surface area contributed by atoms with Gasteiger partial charge in [0.25, 0.3) is 0 Å². The fourth-order valence-electron chi connectivity index (χ4n) is 1.95. The maximum Gasteiger partial charge on any atom is 0.227 e. The van der Waals surface area contributed by atoms with Crippen LogP contribution >= 0.6 is 24.0 Å². The highest BCUT2D eigenvalue weighted by Crippen LogP contribution is 2.29. The number of halogens is 1. The van der Waals surface area contributed by atoms with Crippen molar-refractivity contribution < 1.29 is 14.3 Å². The number of carbonyl (C=O) groups is 1. The van der Waals surface area contributed by atoms with Gasteiger partial charge >= 0.3 is 0 Å². The topological polar surface area (TPSA) is 84.0 Å². The molecule has 0 atom stereocenters. The van der Waals surface area contributed by atoms with E-state index in [1.807, 2.05) is 32.0 Å². The molecule has 0 aliphatic heterocycles. The van der Waals surface area contributed by atoms with Gasteiger partial charge in [0.05, 0.1) is 19.6 Å². The fraction of sp³-hybridized carbons (Fsp3) is 0.500. The van der Waals surface area contributed by atoms with Crippen molar-refractivity contribution in [3.8, 4) is 11.5 Å². The summed E-state index contributed by atoms with van der Waals surface area (Å²) >= 11 is 0. The predicted octanol–water partition coefficient (Wildman–Crippen LogP) is 2.08. The summed E-state index contributed by atoms with van der Waals surface area (Å²) in [4.78, 5) is 16.0. The molecular formula is C16H27IN4O3. The fourth-order valence-corrected chi connectivity index (χ4v) is 1.95. The molecule has 0 aliphatic carbocycles. The highest BCUT2D eigenvalue weighted by Gasteiger charge is 2.26. The van der Waals surface area contributed by atoms with E-state index in [1.165, 1.54) is 0 Å². The van der Waals surface area contributed by atoms with Gasteiger partial charge in [0, 0.05) is 32.4 Å². The molecule has 1 rings (SSSR count). The smallest absolute Gasteiger partial charge is 0.227 e.